The molecule has 0 aliphatic carbocycles. The van der Waals surface area contributed by atoms with Gasteiger partial charge in [0.05, 0.1) is 11.4 Å². The number of anilines is 2. The predicted molar refractivity (Wildman–Crippen MR) is 70.4 cm³/mol. The average molecular weight is 247 g/mol. The number of fused-ring (bicyclic) bond motifs is 1. The summed E-state index contributed by atoms with van der Waals surface area (Å²) in [6.07, 6.45) is 0.796. The summed E-state index contributed by atoms with van der Waals surface area (Å²) in [7, 11) is 0. The van der Waals surface area contributed by atoms with Crippen molar-refractivity contribution in [1.82, 2.24) is 0 Å². The lowest BCUT2D eigenvalue weighted by atomic mass is 9.94. The molecule has 3 amide bonds. The highest BCUT2D eigenvalue weighted by atomic mass is 16.2. The van der Waals surface area contributed by atoms with Gasteiger partial charge in [-0.1, -0.05) is 32.4 Å². The van der Waals surface area contributed by atoms with Crippen LogP contribution in [0.15, 0.2) is 24.3 Å². The molecule has 1 aromatic rings. The Morgan fingerprint density at radius 2 is 2.17 bits per heavy atom. The Labute approximate surface area is 106 Å². The lowest BCUT2D eigenvalue weighted by Crippen LogP contribution is -2.55. The number of hydrogen-bond donors (Lipinski definition) is 2. The van der Waals surface area contributed by atoms with E-state index in [1.54, 1.807) is 12.1 Å². The van der Waals surface area contributed by atoms with E-state index in [9.17, 15) is 9.59 Å². The van der Waals surface area contributed by atoms with E-state index in [2.05, 4.69) is 5.32 Å². The van der Waals surface area contributed by atoms with Gasteiger partial charge < -0.3 is 11.1 Å². The van der Waals surface area contributed by atoms with E-state index in [4.69, 9.17) is 5.73 Å². The highest BCUT2D eigenvalue weighted by molar-refractivity contribution is 6.11. The lowest BCUT2D eigenvalue weighted by molar-refractivity contribution is -0.118. The van der Waals surface area contributed by atoms with Crippen LogP contribution in [0.2, 0.25) is 0 Å². The molecule has 1 aromatic carbocycles. The van der Waals surface area contributed by atoms with E-state index in [-0.39, 0.29) is 11.8 Å². The van der Waals surface area contributed by atoms with Crippen LogP contribution in [0.4, 0.5) is 16.2 Å². The van der Waals surface area contributed by atoms with Crippen molar-refractivity contribution >= 4 is 23.3 Å². The molecule has 2 rings (SSSR count). The second-order valence-corrected chi connectivity index (χ2v) is 4.55. The number of nitrogens with zero attached hydrogens (tertiary/aromatic N) is 1. The van der Waals surface area contributed by atoms with Gasteiger partial charge in [-0.15, -0.1) is 0 Å². The van der Waals surface area contributed by atoms with Crippen molar-refractivity contribution in [2.45, 2.75) is 26.3 Å². The number of rotatable bonds is 2. The van der Waals surface area contributed by atoms with Gasteiger partial charge in [0.2, 0.25) is 5.91 Å². The highest BCUT2D eigenvalue weighted by Gasteiger charge is 2.38. The molecule has 3 N–H and O–H groups in total. The number of primary amides is 1. The van der Waals surface area contributed by atoms with Crippen molar-refractivity contribution < 1.29 is 9.59 Å². The number of hydrogen-bond acceptors (Lipinski definition) is 2. The SMILES string of the molecule is CCC(C)[C@H]1C(=O)Nc2ccccc2N1C(N)=O. The summed E-state index contributed by atoms with van der Waals surface area (Å²) in [5, 5.41) is 2.82. The largest absolute Gasteiger partial charge is 0.351 e. The first-order valence-corrected chi connectivity index (χ1v) is 6.04. The van der Waals surface area contributed by atoms with Gasteiger partial charge in [0.1, 0.15) is 6.04 Å². The standard InChI is InChI=1S/C13H17N3O2/c1-3-8(2)11-12(17)15-9-6-4-5-7-10(9)16(11)13(14)18/h4-8,11H,3H2,1-2H3,(H2,14,18)(H,15,17)/t8?,11-/m0/s1. The number of carbonyl (C=O) groups excluding carboxylic acids is 2. The molecule has 5 heteroatoms. The van der Waals surface area contributed by atoms with Crippen molar-refractivity contribution in [2.75, 3.05) is 10.2 Å². The normalized spacial score (nSPS) is 20.0. The highest BCUT2D eigenvalue weighted by Crippen LogP contribution is 2.34. The Morgan fingerprint density at radius 1 is 1.50 bits per heavy atom. The van der Waals surface area contributed by atoms with Crippen LogP contribution in [0.5, 0.6) is 0 Å². The van der Waals surface area contributed by atoms with Gasteiger partial charge >= 0.3 is 6.03 Å². The lowest BCUT2D eigenvalue weighted by Gasteiger charge is -2.38. The molecule has 5 nitrogen and oxygen atoms in total. The number of urea groups is 1. The third kappa shape index (κ3) is 1.92. The number of benzene rings is 1. The smallest absolute Gasteiger partial charge is 0.320 e. The summed E-state index contributed by atoms with van der Waals surface area (Å²) in [5.74, 6) is -0.132. The first kappa shape index (κ1) is 12.4. The van der Waals surface area contributed by atoms with Crippen LogP contribution in [0.3, 0.4) is 0 Å². The summed E-state index contributed by atoms with van der Waals surface area (Å²) >= 11 is 0. The molecule has 0 radical (unpaired) electrons. The minimum absolute atomic E-state index is 0.0471. The maximum absolute atomic E-state index is 12.1. The van der Waals surface area contributed by atoms with Gasteiger partial charge in [-0.05, 0) is 18.1 Å². The predicted octanol–water partition coefficient (Wildman–Crippen LogP) is 1.94. The average Bonchev–Trinajstić information content (AvgIpc) is 2.35. The van der Waals surface area contributed by atoms with Crippen LogP contribution in [0, 0.1) is 5.92 Å². The molecule has 0 bridgehead atoms. The van der Waals surface area contributed by atoms with Crippen molar-refractivity contribution in [1.29, 1.82) is 0 Å². The quantitative estimate of drug-likeness (QED) is 0.838. The number of para-hydroxylation sites is 2. The molecule has 1 heterocycles. The Bertz CT molecular complexity index is 487. The minimum Gasteiger partial charge on any atom is -0.351 e. The molecule has 0 saturated carbocycles. The minimum atomic E-state index is -0.595. The van der Waals surface area contributed by atoms with E-state index < -0.39 is 12.1 Å². The Morgan fingerprint density at radius 3 is 2.78 bits per heavy atom. The second-order valence-electron chi connectivity index (χ2n) is 4.55. The maximum atomic E-state index is 12.1. The molecule has 18 heavy (non-hydrogen) atoms. The Kier molecular flexibility index (Phi) is 3.23. The van der Waals surface area contributed by atoms with E-state index in [1.165, 1.54) is 4.90 Å². The van der Waals surface area contributed by atoms with Gasteiger partial charge in [0.15, 0.2) is 0 Å². The molecular weight excluding hydrogens is 230 g/mol. The van der Waals surface area contributed by atoms with Gasteiger partial charge in [-0.2, -0.15) is 0 Å². The molecule has 96 valence electrons. The number of carbonyl (C=O) groups is 2. The molecule has 2 atom stereocenters. The van der Waals surface area contributed by atoms with Gasteiger partial charge in [-0.3, -0.25) is 9.69 Å². The summed E-state index contributed by atoms with van der Waals surface area (Å²) in [4.78, 5) is 25.2. The molecule has 0 aromatic heterocycles. The first-order chi connectivity index (χ1) is 8.56. The zero-order valence-corrected chi connectivity index (χ0v) is 10.5. The van der Waals surface area contributed by atoms with Crippen molar-refractivity contribution in [2.24, 2.45) is 11.7 Å². The molecule has 0 saturated heterocycles. The van der Waals surface area contributed by atoms with E-state index in [0.717, 1.165) is 6.42 Å². The number of nitrogens with two attached hydrogens (primary N) is 1. The van der Waals surface area contributed by atoms with Crippen LogP contribution in [-0.4, -0.2) is 18.0 Å². The van der Waals surface area contributed by atoms with E-state index >= 15 is 0 Å². The zero-order chi connectivity index (χ0) is 13.3. The van der Waals surface area contributed by atoms with Crippen LogP contribution in [0.1, 0.15) is 20.3 Å². The van der Waals surface area contributed by atoms with Gasteiger partial charge in [-0.25, -0.2) is 4.79 Å². The number of nitrogens with one attached hydrogen (secondary N) is 1. The van der Waals surface area contributed by atoms with Gasteiger partial charge in [0.25, 0.3) is 0 Å². The van der Waals surface area contributed by atoms with Crippen LogP contribution < -0.4 is 16.0 Å². The zero-order valence-electron chi connectivity index (χ0n) is 10.5. The fraction of sp³-hybridized carbons (Fsp3) is 0.385. The monoisotopic (exact) mass is 247 g/mol. The summed E-state index contributed by atoms with van der Waals surface area (Å²) < 4.78 is 0. The molecule has 0 fully saturated rings. The fourth-order valence-corrected chi connectivity index (χ4v) is 2.26. The summed E-state index contributed by atoms with van der Waals surface area (Å²) in [6.45, 7) is 3.92. The topological polar surface area (TPSA) is 75.4 Å². The molecular formula is C13H17N3O2. The third-order valence-electron chi connectivity index (χ3n) is 3.39. The van der Waals surface area contributed by atoms with Crippen molar-refractivity contribution in [3.05, 3.63) is 24.3 Å². The first-order valence-electron chi connectivity index (χ1n) is 6.04. The van der Waals surface area contributed by atoms with Crippen molar-refractivity contribution in [3.63, 3.8) is 0 Å². The molecule has 1 aliphatic heterocycles. The number of amides is 3. The summed E-state index contributed by atoms with van der Waals surface area (Å²) in [6, 6.07) is 6.04. The van der Waals surface area contributed by atoms with Crippen molar-refractivity contribution in [3.8, 4) is 0 Å². The Balaban J connectivity index is 2.51. The molecule has 1 aliphatic rings. The van der Waals surface area contributed by atoms with E-state index in [1.807, 2.05) is 26.0 Å². The van der Waals surface area contributed by atoms with Crippen LogP contribution in [0.25, 0.3) is 0 Å². The summed E-state index contributed by atoms with van der Waals surface area (Å²) in [5.41, 5.74) is 6.72. The van der Waals surface area contributed by atoms with Crippen LogP contribution >= 0.6 is 0 Å². The second kappa shape index (κ2) is 4.68. The fourth-order valence-electron chi connectivity index (χ4n) is 2.26. The van der Waals surface area contributed by atoms with E-state index in [0.29, 0.717) is 11.4 Å². The third-order valence-corrected chi connectivity index (χ3v) is 3.39. The molecule has 1 unspecified atom stereocenters. The molecule has 0 spiro atoms. The van der Waals surface area contributed by atoms with Gasteiger partial charge in [0, 0.05) is 0 Å². The van der Waals surface area contributed by atoms with Crippen LogP contribution in [-0.2, 0) is 4.79 Å². The maximum Gasteiger partial charge on any atom is 0.320 e. The Hall–Kier alpha value is -2.04.